The van der Waals surface area contributed by atoms with Crippen molar-refractivity contribution in [2.75, 3.05) is 4.90 Å². The Morgan fingerprint density at radius 1 is 0.743 bits per heavy atom. The minimum Gasteiger partial charge on any atom is -0.349 e. The zero-order valence-corrected chi connectivity index (χ0v) is 19.6. The molecule has 2 saturated heterocycles. The van der Waals surface area contributed by atoms with E-state index in [1.165, 1.54) is 0 Å². The molecule has 2 heterocycles. The fourth-order valence-corrected chi connectivity index (χ4v) is 5.79. The summed E-state index contributed by atoms with van der Waals surface area (Å²) in [5.41, 5.74) is 2.28. The van der Waals surface area contributed by atoms with Crippen LogP contribution in [0, 0.1) is 32.6 Å². The van der Waals surface area contributed by atoms with Crippen molar-refractivity contribution in [3.8, 4) is 0 Å². The molecule has 6 heteroatoms. The van der Waals surface area contributed by atoms with E-state index >= 15 is 0 Å². The molecule has 1 spiro atoms. The number of hydrogen-bond acceptors (Lipinski definition) is 5. The number of fused-ring (bicyclic) bond motifs is 3. The lowest BCUT2D eigenvalue weighted by Crippen LogP contribution is -2.51. The van der Waals surface area contributed by atoms with Gasteiger partial charge in [0.2, 0.25) is 29.0 Å². The van der Waals surface area contributed by atoms with Crippen molar-refractivity contribution in [3.63, 3.8) is 0 Å². The Hall–Kier alpha value is -3.90. The van der Waals surface area contributed by atoms with E-state index < -0.39 is 46.9 Å². The third-order valence-corrected chi connectivity index (χ3v) is 7.74. The second-order valence-corrected chi connectivity index (χ2v) is 9.62. The third-order valence-electron chi connectivity index (χ3n) is 7.74. The van der Waals surface area contributed by atoms with Crippen LogP contribution < -0.4 is 4.90 Å². The summed E-state index contributed by atoms with van der Waals surface area (Å²) in [4.78, 5) is 56.7. The zero-order valence-electron chi connectivity index (χ0n) is 19.6. The molecule has 0 bridgehead atoms. The lowest BCUT2D eigenvalue weighted by molar-refractivity contribution is -0.127. The van der Waals surface area contributed by atoms with Crippen LogP contribution in [-0.4, -0.2) is 29.0 Å². The highest BCUT2D eigenvalue weighted by atomic mass is 16.5. The number of hydrogen-bond donors (Lipinski definition) is 0. The number of rotatable bonds is 2. The normalized spacial score (nSPS) is 24.4. The fourth-order valence-electron chi connectivity index (χ4n) is 5.79. The number of nitrogens with zero attached hydrogens (tertiary/aromatic N) is 1. The molecule has 2 amide bonds. The second kappa shape index (κ2) is 7.30. The van der Waals surface area contributed by atoms with Gasteiger partial charge < -0.3 is 4.74 Å². The summed E-state index contributed by atoms with van der Waals surface area (Å²) in [7, 11) is 0. The van der Waals surface area contributed by atoms with Crippen LogP contribution in [0.4, 0.5) is 5.69 Å². The van der Waals surface area contributed by atoms with Gasteiger partial charge in [0.05, 0.1) is 23.6 Å². The van der Waals surface area contributed by atoms with Crippen molar-refractivity contribution in [1.29, 1.82) is 0 Å². The van der Waals surface area contributed by atoms with Crippen LogP contribution in [0.3, 0.4) is 0 Å². The Labute approximate surface area is 202 Å². The van der Waals surface area contributed by atoms with Gasteiger partial charge in [0.25, 0.3) is 0 Å². The molecule has 6 rings (SSSR count). The summed E-state index contributed by atoms with van der Waals surface area (Å²) in [5, 5.41) is 0. The lowest BCUT2D eigenvalue weighted by Gasteiger charge is -2.28. The number of ketones is 2. The quantitative estimate of drug-likeness (QED) is 0.416. The van der Waals surface area contributed by atoms with Crippen LogP contribution in [0.25, 0.3) is 0 Å². The standard InChI is InChI=1S/C29H23NO5/c1-15-11-13-18(14-12-15)24-22-23(28(34)30(27(22)33)21-10-6-7-16(2)17(21)3)29(35-24)25(31)19-8-4-5-9-20(19)26(29)32/h4-14,22-24H,1-3H3/t22-,23+,24+/m1/s1. The number of imide groups is 1. The molecule has 35 heavy (non-hydrogen) atoms. The lowest BCUT2D eigenvalue weighted by atomic mass is 9.77. The minimum atomic E-state index is -2.05. The number of anilines is 1. The number of carbonyl (C=O) groups is 4. The summed E-state index contributed by atoms with van der Waals surface area (Å²) in [6.07, 6.45) is -0.908. The van der Waals surface area contributed by atoms with Gasteiger partial charge in [-0.05, 0) is 43.5 Å². The Kier molecular flexibility index (Phi) is 4.51. The van der Waals surface area contributed by atoms with E-state index in [0.717, 1.165) is 21.6 Å². The number of aryl methyl sites for hydroxylation is 2. The molecular formula is C29H23NO5. The van der Waals surface area contributed by atoms with Crippen LogP contribution in [0.5, 0.6) is 0 Å². The van der Waals surface area contributed by atoms with E-state index in [9.17, 15) is 19.2 Å². The average molecular weight is 466 g/mol. The molecule has 0 N–H and O–H groups in total. The molecular weight excluding hydrogens is 442 g/mol. The molecule has 3 aliphatic rings. The van der Waals surface area contributed by atoms with Gasteiger partial charge in [0.15, 0.2) is 0 Å². The smallest absolute Gasteiger partial charge is 0.241 e. The second-order valence-electron chi connectivity index (χ2n) is 9.62. The maximum Gasteiger partial charge on any atom is 0.241 e. The van der Waals surface area contributed by atoms with E-state index in [0.29, 0.717) is 11.3 Å². The van der Waals surface area contributed by atoms with Gasteiger partial charge in [-0.3, -0.25) is 19.2 Å². The first kappa shape index (κ1) is 21.6. The van der Waals surface area contributed by atoms with Crippen molar-refractivity contribution in [2.45, 2.75) is 32.5 Å². The molecule has 2 fully saturated rings. The van der Waals surface area contributed by atoms with E-state index in [2.05, 4.69) is 0 Å². The van der Waals surface area contributed by atoms with Crippen molar-refractivity contribution in [2.24, 2.45) is 11.8 Å². The SMILES string of the molecule is Cc1ccc([C@@H]2OC3(C(=O)c4ccccc4C3=O)[C@@H]3C(=O)N(c4cccc(C)c4C)C(=O)[C@H]32)cc1. The number of Topliss-reactive ketones (excluding diaryl/α,β-unsaturated/α-hetero) is 2. The van der Waals surface area contributed by atoms with E-state index in [-0.39, 0.29) is 11.1 Å². The number of carbonyl (C=O) groups excluding carboxylic acids is 4. The van der Waals surface area contributed by atoms with Gasteiger partial charge in [0.1, 0.15) is 0 Å². The Balaban J connectivity index is 1.56. The Bertz CT molecular complexity index is 1420. The fraction of sp³-hybridized carbons (Fsp3) is 0.241. The zero-order chi connectivity index (χ0) is 24.6. The monoisotopic (exact) mass is 465 g/mol. The highest BCUT2D eigenvalue weighted by Crippen LogP contribution is 2.57. The predicted octanol–water partition coefficient (Wildman–Crippen LogP) is 4.31. The molecule has 174 valence electrons. The van der Waals surface area contributed by atoms with E-state index in [4.69, 9.17) is 4.74 Å². The number of amides is 2. The first-order chi connectivity index (χ1) is 16.8. The summed E-state index contributed by atoms with van der Waals surface area (Å²) in [6, 6.07) is 19.3. The maximum absolute atomic E-state index is 14.0. The van der Waals surface area contributed by atoms with Crippen LogP contribution in [-0.2, 0) is 14.3 Å². The largest absolute Gasteiger partial charge is 0.349 e. The average Bonchev–Trinajstić information content (AvgIpc) is 3.42. The minimum absolute atomic E-state index is 0.228. The molecule has 0 radical (unpaired) electrons. The summed E-state index contributed by atoms with van der Waals surface area (Å²) < 4.78 is 6.32. The van der Waals surface area contributed by atoms with Crippen LogP contribution in [0.15, 0.2) is 66.7 Å². The third kappa shape index (κ3) is 2.68. The highest BCUT2D eigenvalue weighted by molar-refractivity contribution is 6.37. The van der Waals surface area contributed by atoms with Gasteiger partial charge in [-0.1, -0.05) is 66.2 Å². The van der Waals surface area contributed by atoms with Crippen molar-refractivity contribution in [3.05, 3.63) is 100 Å². The van der Waals surface area contributed by atoms with Gasteiger partial charge in [-0.25, -0.2) is 4.90 Å². The molecule has 0 aromatic heterocycles. The number of benzene rings is 3. The molecule has 0 saturated carbocycles. The molecule has 0 unspecified atom stereocenters. The topological polar surface area (TPSA) is 80.8 Å². The first-order valence-electron chi connectivity index (χ1n) is 11.6. The summed E-state index contributed by atoms with van der Waals surface area (Å²) in [6.45, 7) is 5.70. The molecule has 6 nitrogen and oxygen atoms in total. The highest BCUT2D eigenvalue weighted by Gasteiger charge is 2.74. The molecule has 3 aromatic rings. The molecule has 1 aliphatic carbocycles. The van der Waals surface area contributed by atoms with Crippen LogP contribution >= 0.6 is 0 Å². The predicted molar refractivity (Wildman–Crippen MR) is 128 cm³/mol. The van der Waals surface area contributed by atoms with E-state index in [1.807, 2.05) is 51.1 Å². The van der Waals surface area contributed by atoms with Crippen molar-refractivity contribution < 1.29 is 23.9 Å². The Morgan fingerprint density at radius 2 is 1.37 bits per heavy atom. The van der Waals surface area contributed by atoms with Gasteiger partial charge >= 0.3 is 0 Å². The van der Waals surface area contributed by atoms with Crippen LogP contribution in [0.2, 0.25) is 0 Å². The van der Waals surface area contributed by atoms with Crippen molar-refractivity contribution >= 4 is 29.1 Å². The summed E-state index contributed by atoms with van der Waals surface area (Å²) in [5.74, 6) is -4.36. The Morgan fingerprint density at radius 3 is 2.00 bits per heavy atom. The molecule has 3 atom stereocenters. The first-order valence-corrected chi connectivity index (χ1v) is 11.6. The van der Waals surface area contributed by atoms with Gasteiger partial charge in [0, 0.05) is 11.1 Å². The van der Waals surface area contributed by atoms with Gasteiger partial charge in [-0.15, -0.1) is 0 Å². The van der Waals surface area contributed by atoms with Crippen molar-refractivity contribution in [1.82, 2.24) is 0 Å². The molecule has 3 aromatic carbocycles. The van der Waals surface area contributed by atoms with Gasteiger partial charge in [-0.2, -0.15) is 0 Å². The summed E-state index contributed by atoms with van der Waals surface area (Å²) >= 11 is 0. The molecule has 2 aliphatic heterocycles. The van der Waals surface area contributed by atoms with Crippen LogP contribution in [0.1, 0.15) is 49.1 Å². The van der Waals surface area contributed by atoms with E-state index in [1.54, 1.807) is 36.4 Å². The number of ether oxygens (including phenoxy) is 1. The maximum atomic E-state index is 14.0.